The van der Waals surface area contributed by atoms with E-state index in [2.05, 4.69) is 10.3 Å². The number of benzene rings is 2. The molecule has 3 rings (SSSR count). The van der Waals surface area contributed by atoms with Gasteiger partial charge in [-0.25, -0.2) is 17.8 Å². The lowest BCUT2D eigenvalue weighted by Gasteiger charge is -2.21. The van der Waals surface area contributed by atoms with Crippen LogP contribution >= 0.6 is 0 Å². The van der Waals surface area contributed by atoms with Crippen molar-refractivity contribution in [3.05, 3.63) is 77.2 Å². The molecule has 0 fully saturated rings. The Bertz CT molecular complexity index is 1220. The Labute approximate surface area is 193 Å². The first-order chi connectivity index (χ1) is 15.7. The van der Waals surface area contributed by atoms with Crippen LogP contribution in [0.15, 0.2) is 54.7 Å². The molecule has 0 bridgehead atoms. The summed E-state index contributed by atoms with van der Waals surface area (Å²) in [7, 11) is -1.80. The van der Waals surface area contributed by atoms with Gasteiger partial charge in [0.05, 0.1) is 31.2 Å². The molecule has 0 aliphatic heterocycles. The average molecular weight is 474 g/mol. The lowest BCUT2D eigenvalue weighted by molar-refractivity contribution is 0.310. The summed E-state index contributed by atoms with van der Waals surface area (Å²) in [4.78, 5) is 4.38. The Hall–Kier alpha value is -3.33. The molecule has 9 heteroatoms. The monoisotopic (exact) mass is 473 g/mol. The van der Waals surface area contributed by atoms with Gasteiger partial charge in [0.2, 0.25) is 0 Å². The third-order valence-electron chi connectivity index (χ3n) is 5.00. The number of rotatable bonds is 10. The first-order valence-corrected chi connectivity index (χ1v) is 12.5. The number of halogens is 1. The van der Waals surface area contributed by atoms with E-state index in [-0.39, 0.29) is 11.6 Å². The third kappa shape index (κ3) is 6.58. The second kappa shape index (κ2) is 10.5. The molecule has 0 spiro atoms. The van der Waals surface area contributed by atoms with Crippen LogP contribution in [0, 0.1) is 5.82 Å². The highest BCUT2D eigenvalue weighted by Gasteiger charge is 2.21. The zero-order valence-corrected chi connectivity index (χ0v) is 19.7. The second-order valence-electron chi connectivity index (χ2n) is 7.68. The van der Waals surface area contributed by atoms with Crippen molar-refractivity contribution in [2.75, 3.05) is 36.8 Å². The number of aromatic nitrogens is 1. The van der Waals surface area contributed by atoms with E-state index >= 15 is 0 Å². The third-order valence-corrected chi connectivity index (χ3v) is 5.94. The zero-order valence-electron chi connectivity index (χ0n) is 18.8. The SMILES string of the molecule is CCOc1cc([C@@H](CS(C)(=O)=O)Nc2ncc(Cc3ccccc3F)cc2N)ccc1OC. The van der Waals surface area contributed by atoms with Gasteiger partial charge < -0.3 is 20.5 Å². The lowest BCUT2D eigenvalue weighted by Crippen LogP contribution is -2.22. The van der Waals surface area contributed by atoms with Crippen molar-refractivity contribution in [1.82, 2.24) is 4.98 Å². The fourth-order valence-corrected chi connectivity index (χ4v) is 4.35. The largest absolute Gasteiger partial charge is 0.493 e. The van der Waals surface area contributed by atoms with E-state index in [4.69, 9.17) is 15.2 Å². The van der Waals surface area contributed by atoms with Gasteiger partial charge in [-0.15, -0.1) is 0 Å². The van der Waals surface area contributed by atoms with Gasteiger partial charge in [0.1, 0.15) is 21.5 Å². The van der Waals surface area contributed by atoms with Crippen molar-refractivity contribution >= 4 is 21.3 Å². The van der Waals surface area contributed by atoms with Crippen LogP contribution < -0.4 is 20.5 Å². The fourth-order valence-electron chi connectivity index (χ4n) is 3.47. The second-order valence-corrected chi connectivity index (χ2v) is 9.87. The van der Waals surface area contributed by atoms with Gasteiger partial charge in [0, 0.05) is 18.9 Å². The average Bonchev–Trinajstić information content (AvgIpc) is 2.76. The van der Waals surface area contributed by atoms with E-state index in [9.17, 15) is 12.8 Å². The Morgan fingerprint density at radius 2 is 1.91 bits per heavy atom. The highest BCUT2D eigenvalue weighted by atomic mass is 32.2. The van der Waals surface area contributed by atoms with Crippen LogP contribution in [-0.2, 0) is 16.3 Å². The predicted octanol–water partition coefficient (Wildman–Crippen LogP) is 4.00. The molecule has 0 saturated heterocycles. The summed E-state index contributed by atoms with van der Waals surface area (Å²) in [6.45, 7) is 2.29. The Morgan fingerprint density at radius 1 is 1.15 bits per heavy atom. The number of hydrogen-bond donors (Lipinski definition) is 2. The van der Waals surface area contributed by atoms with Crippen LogP contribution in [0.5, 0.6) is 11.5 Å². The molecule has 1 heterocycles. The van der Waals surface area contributed by atoms with Gasteiger partial charge in [0.15, 0.2) is 11.5 Å². The van der Waals surface area contributed by atoms with E-state index in [1.807, 2.05) is 6.92 Å². The van der Waals surface area contributed by atoms with Gasteiger partial charge in [-0.1, -0.05) is 24.3 Å². The molecule has 0 amide bonds. The van der Waals surface area contributed by atoms with Crippen molar-refractivity contribution in [2.45, 2.75) is 19.4 Å². The van der Waals surface area contributed by atoms with Crippen molar-refractivity contribution in [2.24, 2.45) is 0 Å². The minimum Gasteiger partial charge on any atom is -0.493 e. The highest BCUT2D eigenvalue weighted by Crippen LogP contribution is 2.33. The van der Waals surface area contributed by atoms with Crippen LogP contribution in [0.25, 0.3) is 0 Å². The molecule has 0 saturated carbocycles. The topological polar surface area (TPSA) is 104 Å². The lowest BCUT2D eigenvalue weighted by atomic mass is 10.1. The number of nitrogen functional groups attached to an aromatic ring is 1. The number of nitrogens with two attached hydrogens (primary N) is 1. The summed E-state index contributed by atoms with van der Waals surface area (Å²) in [5, 5.41) is 3.14. The first-order valence-electron chi connectivity index (χ1n) is 10.4. The van der Waals surface area contributed by atoms with Gasteiger partial charge in [-0.3, -0.25) is 0 Å². The summed E-state index contributed by atoms with van der Waals surface area (Å²) in [5.74, 6) is 0.932. The van der Waals surface area contributed by atoms with Gasteiger partial charge in [0.25, 0.3) is 0 Å². The number of sulfone groups is 1. The molecule has 0 unspecified atom stereocenters. The molecule has 3 aromatic rings. The molecule has 1 atom stereocenters. The number of methoxy groups -OCH3 is 1. The van der Waals surface area contributed by atoms with E-state index in [0.29, 0.717) is 47.2 Å². The molecular formula is C24H28FN3O4S. The number of ether oxygens (including phenoxy) is 2. The van der Waals surface area contributed by atoms with Crippen LogP contribution in [0.3, 0.4) is 0 Å². The maximum atomic E-state index is 14.0. The van der Waals surface area contributed by atoms with Gasteiger partial charge in [-0.05, 0) is 47.9 Å². The van der Waals surface area contributed by atoms with Gasteiger partial charge in [-0.2, -0.15) is 0 Å². The fraction of sp³-hybridized carbons (Fsp3) is 0.292. The van der Waals surface area contributed by atoms with Crippen LogP contribution in [0.1, 0.15) is 29.7 Å². The Balaban J connectivity index is 1.89. The number of nitrogens with one attached hydrogen (secondary N) is 1. The molecule has 7 nitrogen and oxygen atoms in total. The standard InChI is InChI=1S/C24H28FN3O4S/c1-4-32-23-13-18(9-10-22(23)31-2)21(15-33(3,29)30)28-24-20(26)12-16(14-27-24)11-17-7-5-6-8-19(17)25/h5-10,12-14,21H,4,11,15,26H2,1-3H3,(H,27,28)/t21-/m1/s1. The maximum absolute atomic E-state index is 14.0. The molecule has 0 aliphatic rings. The van der Waals surface area contributed by atoms with E-state index in [1.165, 1.54) is 19.4 Å². The predicted molar refractivity (Wildman–Crippen MR) is 128 cm³/mol. The van der Waals surface area contributed by atoms with Crippen molar-refractivity contribution in [3.63, 3.8) is 0 Å². The molecule has 1 aromatic heterocycles. The van der Waals surface area contributed by atoms with Crippen LogP contribution in [0.2, 0.25) is 0 Å². The summed E-state index contributed by atoms with van der Waals surface area (Å²) in [5.41, 5.74) is 8.51. The molecule has 3 N–H and O–H groups in total. The minimum absolute atomic E-state index is 0.178. The summed E-state index contributed by atoms with van der Waals surface area (Å²) < 4.78 is 49.2. The smallest absolute Gasteiger partial charge is 0.161 e. The molecular weight excluding hydrogens is 445 g/mol. The number of hydrogen-bond acceptors (Lipinski definition) is 7. The van der Waals surface area contributed by atoms with E-state index in [0.717, 1.165) is 5.56 Å². The van der Waals surface area contributed by atoms with E-state index < -0.39 is 15.9 Å². The Morgan fingerprint density at radius 3 is 2.55 bits per heavy atom. The van der Waals surface area contributed by atoms with Crippen molar-refractivity contribution in [3.8, 4) is 11.5 Å². The number of nitrogens with zero attached hydrogens (tertiary/aromatic N) is 1. The summed E-state index contributed by atoms with van der Waals surface area (Å²) >= 11 is 0. The molecule has 0 aliphatic carbocycles. The van der Waals surface area contributed by atoms with Gasteiger partial charge >= 0.3 is 0 Å². The van der Waals surface area contributed by atoms with Crippen LogP contribution in [0.4, 0.5) is 15.9 Å². The number of anilines is 2. The Kier molecular flexibility index (Phi) is 7.75. The maximum Gasteiger partial charge on any atom is 0.161 e. The molecule has 33 heavy (non-hydrogen) atoms. The van der Waals surface area contributed by atoms with Crippen LogP contribution in [-0.4, -0.2) is 39.1 Å². The van der Waals surface area contributed by atoms with Crippen molar-refractivity contribution in [1.29, 1.82) is 0 Å². The normalized spacial score (nSPS) is 12.2. The summed E-state index contributed by atoms with van der Waals surface area (Å²) in [6.07, 6.45) is 3.11. The minimum atomic E-state index is -3.34. The quantitative estimate of drug-likeness (QED) is 0.459. The molecule has 2 aromatic carbocycles. The molecule has 176 valence electrons. The first kappa shape index (κ1) is 24.3. The zero-order chi connectivity index (χ0) is 24.0. The molecule has 0 radical (unpaired) electrons. The van der Waals surface area contributed by atoms with Crippen molar-refractivity contribution < 1.29 is 22.3 Å². The number of pyridine rings is 1. The summed E-state index contributed by atoms with van der Waals surface area (Å²) in [6, 6.07) is 12.8. The highest BCUT2D eigenvalue weighted by molar-refractivity contribution is 7.90. The van der Waals surface area contributed by atoms with E-state index in [1.54, 1.807) is 48.7 Å².